The summed E-state index contributed by atoms with van der Waals surface area (Å²) in [7, 11) is 0. The highest BCUT2D eigenvalue weighted by molar-refractivity contribution is 6.02. The van der Waals surface area contributed by atoms with E-state index in [2.05, 4.69) is 0 Å². The van der Waals surface area contributed by atoms with Crippen molar-refractivity contribution in [3.05, 3.63) is 87.7 Å². The number of nitrogens with zero attached hydrogens (tertiary/aromatic N) is 2. The van der Waals surface area contributed by atoms with Gasteiger partial charge in [0.1, 0.15) is 24.0 Å². The van der Waals surface area contributed by atoms with E-state index in [4.69, 9.17) is 9.47 Å². The summed E-state index contributed by atoms with van der Waals surface area (Å²) in [5, 5.41) is 10.8. The van der Waals surface area contributed by atoms with Crippen molar-refractivity contribution in [2.24, 2.45) is 0 Å². The van der Waals surface area contributed by atoms with Crippen molar-refractivity contribution in [1.82, 2.24) is 4.90 Å². The number of carbonyl (C=O) groups is 2. The van der Waals surface area contributed by atoms with E-state index in [9.17, 15) is 19.7 Å². The van der Waals surface area contributed by atoms with Gasteiger partial charge in [-0.15, -0.1) is 0 Å². The van der Waals surface area contributed by atoms with E-state index >= 15 is 0 Å². The van der Waals surface area contributed by atoms with Crippen molar-refractivity contribution in [3.8, 4) is 0 Å². The Bertz CT molecular complexity index is 993. The van der Waals surface area contributed by atoms with Crippen LogP contribution in [0.1, 0.15) is 31.9 Å². The number of ether oxygens (including phenoxy) is 2. The standard InChI is InChI=1S/C23H24N2O6/c1-23(2,3)31-22(27)24-19(13-16-7-5-4-6-8-16)20(14-21(24)26)30-15-17-9-11-18(12-10-17)25(28)29/h4-12,14,19H,13,15H2,1-3H3/t19-/m0/s1. The number of benzene rings is 2. The molecule has 1 atom stereocenters. The average Bonchev–Trinajstić information content (AvgIpc) is 3.01. The third-order valence-electron chi connectivity index (χ3n) is 4.56. The van der Waals surface area contributed by atoms with Gasteiger partial charge in [-0.1, -0.05) is 30.3 Å². The fourth-order valence-electron chi connectivity index (χ4n) is 3.14. The zero-order chi connectivity index (χ0) is 22.6. The van der Waals surface area contributed by atoms with Crippen LogP contribution in [-0.2, 0) is 27.3 Å². The summed E-state index contributed by atoms with van der Waals surface area (Å²) >= 11 is 0. The van der Waals surface area contributed by atoms with Crippen LogP contribution in [0, 0.1) is 10.1 Å². The lowest BCUT2D eigenvalue weighted by molar-refractivity contribution is -0.384. The van der Waals surface area contributed by atoms with Crippen molar-refractivity contribution in [1.29, 1.82) is 0 Å². The Kier molecular flexibility index (Phi) is 6.39. The highest BCUT2D eigenvalue weighted by atomic mass is 16.6. The molecule has 0 saturated heterocycles. The largest absolute Gasteiger partial charge is 0.491 e. The van der Waals surface area contributed by atoms with E-state index in [1.54, 1.807) is 32.9 Å². The number of hydrogen-bond acceptors (Lipinski definition) is 6. The van der Waals surface area contributed by atoms with Gasteiger partial charge in [0.25, 0.3) is 11.6 Å². The molecule has 2 amide bonds. The molecule has 31 heavy (non-hydrogen) atoms. The first-order valence-corrected chi connectivity index (χ1v) is 9.82. The molecule has 1 aliphatic rings. The molecule has 3 rings (SSSR count). The van der Waals surface area contributed by atoms with Gasteiger partial charge in [-0.2, -0.15) is 0 Å². The molecule has 0 radical (unpaired) electrons. The van der Waals surface area contributed by atoms with Crippen LogP contribution < -0.4 is 0 Å². The zero-order valence-corrected chi connectivity index (χ0v) is 17.6. The molecule has 1 heterocycles. The van der Waals surface area contributed by atoms with Crippen LogP contribution in [0.5, 0.6) is 0 Å². The van der Waals surface area contributed by atoms with Crippen molar-refractivity contribution >= 4 is 17.7 Å². The lowest BCUT2D eigenvalue weighted by atomic mass is 10.0. The average molecular weight is 424 g/mol. The first-order valence-electron chi connectivity index (χ1n) is 9.82. The zero-order valence-electron chi connectivity index (χ0n) is 17.6. The van der Waals surface area contributed by atoms with Crippen molar-refractivity contribution in [2.45, 2.75) is 45.4 Å². The van der Waals surface area contributed by atoms with Gasteiger partial charge in [0, 0.05) is 24.6 Å². The molecule has 8 nitrogen and oxygen atoms in total. The molecular formula is C23H24N2O6. The fraction of sp³-hybridized carbons (Fsp3) is 0.304. The normalized spacial score (nSPS) is 16.1. The first kappa shape index (κ1) is 22.0. The Morgan fingerprint density at radius 2 is 1.71 bits per heavy atom. The Morgan fingerprint density at radius 3 is 2.29 bits per heavy atom. The molecule has 0 spiro atoms. The second-order valence-electron chi connectivity index (χ2n) is 8.15. The molecule has 0 saturated carbocycles. The topological polar surface area (TPSA) is 99.0 Å². The van der Waals surface area contributed by atoms with E-state index < -0.39 is 28.6 Å². The molecule has 0 unspecified atom stereocenters. The summed E-state index contributed by atoms with van der Waals surface area (Å²) < 4.78 is 11.3. The lowest BCUT2D eigenvalue weighted by Crippen LogP contribution is -2.44. The van der Waals surface area contributed by atoms with Gasteiger partial charge in [0.15, 0.2) is 0 Å². The molecule has 162 valence electrons. The minimum atomic E-state index is -0.753. The van der Waals surface area contributed by atoms with Crippen LogP contribution in [0.3, 0.4) is 0 Å². The molecule has 2 aromatic rings. The van der Waals surface area contributed by atoms with E-state index in [1.165, 1.54) is 18.2 Å². The molecular weight excluding hydrogens is 400 g/mol. The van der Waals surface area contributed by atoms with Gasteiger partial charge in [0.2, 0.25) is 0 Å². The SMILES string of the molecule is CC(C)(C)OC(=O)N1C(=O)C=C(OCc2ccc([N+](=O)[O-])cc2)[C@@H]1Cc1ccccc1. The molecule has 8 heteroatoms. The molecule has 0 aromatic heterocycles. The third-order valence-corrected chi connectivity index (χ3v) is 4.56. The van der Waals surface area contributed by atoms with Gasteiger partial charge < -0.3 is 9.47 Å². The maximum Gasteiger partial charge on any atom is 0.418 e. The molecule has 0 fully saturated rings. The van der Waals surface area contributed by atoms with Crippen LogP contribution in [0.15, 0.2) is 66.4 Å². The number of hydrogen-bond donors (Lipinski definition) is 0. The molecule has 2 aromatic carbocycles. The van der Waals surface area contributed by atoms with Gasteiger partial charge in [-0.25, -0.2) is 9.69 Å². The predicted octanol–water partition coefficient (Wildman–Crippen LogP) is 4.38. The van der Waals surface area contributed by atoms with Gasteiger partial charge in [-0.05, 0) is 44.0 Å². The van der Waals surface area contributed by atoms with E-state index in [1.807, 2.05) is 30.3 Å². The number of nitro groups is 1. The number of imide groups is 1. The second kappa shape index (κ2) is 8.99. The quantitative estimate of drug-likeness (QED) is 0.504. The van der Waals surface area contributed by atoms with E-state index in [0.29, 0.717) is 17.7 Å². The maximum absolute atomic E-state index is 12.7. The Labute approximate surface area is 180 Å². The Morgan fingerprint density at radius 1 is 1.06 bits per heavy atom. The number of rotatable bonds is 6. The summed E-state index contributed by atoms with van der Waals surface area (Å²) in [6.07, 6.45) is 0.935. The maximum atomic E-state index is 12.7. The number of amides is 2. The minimum absolute atomic E-state index is 0.0166. The lowest BCUT2D eigenvalue weighted by Gasteiger charge is -2.28. The van der Waals surface area contributed by atoms with E-state index in [-0.39, 0.29) is 12.3 Å². The molecule has 0 aliphatic carbocycles. The Balaban J connectivity index is 1.79. The summed E-state index contributed by atoms with van der Waals surface area (Å²) in [5.74, 6) is -0.160. The summed E-state index contributed by atoms with van der Waals surface area (Å²) in [4.78, 5) is 36.8. The number of nitro benzene ring substituents is 1. The number of carbonyl (C=O) groups excluding carboxylic acids is 2. The summed E-state index contributed by atoms with van der Waals surface area (Å²) in [5.41, 5.74) is 0.864. The smallest absolute Gasteiger partial charge is 0.418 e. The monoisotopic (exact) mass is 424 g/mol. The Hall–Kier alpha value is -3.68. The molecule has 0 N–H and O–H groups in total. The van der Waals surface area contributed by atoms with E-state index in [0.717, 1.165) is 10.5 Å². The van der Waals surface area contributed by atoms with Crippen LogP contribution in [0.4, 0.5) is 10.5 Å². The minimum Gasteiger partial charge on any atom is -0.491 e. The summed E-state index contributed by atoms with van der Waals surface area (Å²) in [6.45, 7) is 5.30. The van der Waals surface area contributed by atoms with Crippen molar-refractivity contribution in [2.75, 3.05) is 0 Å². The van der Waals surface area contributed by atoms with Gasteiger partial charge in [-0.3, -0.25) is 14.9 Å². The van der Waals surface area contributed by atoms with Crippen molar-refractivity contribution in [3.63, 3.8) is 0 Å². The van der Waals surface area contributed by atoms with Gasteiger partial charge >= 0.3 is 6.09 Å². The van der Waals surface area contributed by atoms with Crippen molar-refractivity contribution < 1.29 is 24.0 Å². The highest BCUT2D eigenvalue weighted by Gasteiger charge is 2.41. The highest BCUT2D eigenvalue weighted by Crippen LogP contribution is 2.27. The fourth-order valence-corrected chi connectivity index (χ4v) is 3.14. The molecule has 0 bridgehead atoms. The van der Waals surface area contributed by atoms with Crippen LogP contribution in [-0.4, -0.2) is 33.5 Å². The second-order valence-corrected chi connectivity index (χ2v) is 8.15. The third kappa shape index (κ3) is 5.69. The van der Waals surface area contributed by atoms with Gasteiger partial charge in [0.05, 0.1) is 4.92 Å². The van der Waals surface area contributed by atoms with Crippen LogP contribution in [0.2, 0.25) is 0 Å². The number of non-ortho nitro benzene ring substituents is 1. The summed E-state index contributed by atoms with van der Waals surface area (Å²) in [6, 6.07) is 14.8. The van der Waals surface area contributed by atoms with Crippen LogP contribution in [0.25, 0.3) is 0 Å². The first-order chi connectivity index (χ1) is 14.6. The predicted molar refractivity (Wildman–Crippen MR) is 113 cm³/mol. The molecule has 1 aliphatic heterocycles. The van der Waals surface area contributed by atoms with Crippen LogP contribution >= 0.6 is 0 Å².